The molecule has 1 aliphatic rings. The molecule has 0 aliphatic carbocycles. The van der Waals surface area contributed by atoms with Crippen LogP contribution in [0.3, 0.4) is 0 Å². The first kappa shape index (κ1) is 15.4. The van der Waals surface area contributed by atoms with Crippen LogP contribution in [0.15, 0.2) is 24.3 Å². The molecular weight excluding hydrogens is 290 g/mol. The zero-order valence-electron chi connectivity index (χ0n) is 13.7. The quantitative estimate of drug-likeness (QED) is 0.943. The maximum atomic E-state index is 11.5. The predicted octanol–water partition coefficient (Wildman–Crippen LogP) is 2.57. The molecule has 6 heteroatoms. The number of carbonyl (C=O) groups is 1. The van der Waals surface area contributed by atoms with E-state index in [2.05, 4.69) is 20.3 Å². The van der Waals surface area contributed by atoms with Gasteiger partial charge in [0.15, 0.2) is 0 Å². The van der Waals surface area contributed by atoms with Crippen molar-refractivity contribution in [3.05, 3.63) is 41.5 Å². The van der Waals surface area contributed by atoms with Gasteiger partial charge in [0.25, 0.3) is 0 Å². The Hall–Kier alpha value is -2.50. The number of pyridine rings is 1. The maximum absolute atomic E-state index is 11.5. The van der Waals surface area contributed by atoms with Crippen molar-refractivity contribution in [2.45, 2.75) is 33.1 Å². The first-order valence-electron chi connectivity index (χ1n) is 7.83. The molecule has 1 saturated heterocycles. The second kappa shape index (κ2) is 6.32. The van der Waals surface area contributed by atoms with Gasteiger partial charge in [-0.15, -0.1) is 0 Å². The van der Waals surface area contributed by atoms with Crippen molar-refractivity contribution in [2.75, 3.05) is 18.4 Å². The number of rotatable bonds is 3. The van der Waals surface area contributed by atoms with Crippen LogP contribution in [0.2, 0.25) is 0 Å². The van der Waals surface area contributed by atoms with Crippen molar-refractivity contribution in [3.8, 4) is 0 Å². The Morgan fingerprint density at radius 3 is 2.70 bits per heavy atom. The van der Waals surface area contributed by atoms with E-state index >= 15 is 0 Å². The van der Waals surface area contributed by atoms with E-state index in [1.165, 1.54) is 0 Å². The third-order valence-corrected chi connectivity index (χ3v) is 4.01. The van der Waals surface area contributed by atoms with E-state index in [0.29, 0.717) is 6.54 Å². The summed E-state index contributed by atoms with van der Waals surface area (Å²) >= 11 is 0. The Morgan fingerprint density at radius 1 is 1.17 bits per heavy atom. The molecule has 0 aromatic carbocycles. The van der Waals surface area contributed by atoms with Gasteiger partial charge in [0, 0.05) is 43.4 Å². The summed E-state index contributed by atoms with van der Waals surface area (Å²) in [5, 5.41) is 3.24. The second-order valence-corrected chi connectivity index (χ2v) is 5.99. The van der Waals surface area contributed by atoms with E-state index in [0.717, 1.165) is 41.8 Å². The summed E-state index contributed by atoms with van der Waals surface area (Å²) in [5.74, 6) is 2.62. The number of nitrogens with zero attached hydrogens (tertiary/aromatic N) is 4. The van der Waals surface area contributed by atoms with Crippen LogP contribution in [-0.2, 0) is 4.79 Å². The number of likely N-dealkylation sites (tertiary alicyclic amines) is 1. The molecule has 2 aromatic rings. The zero-order valence-corrected chi connectivity index (χ0v) is 13.7. The van der Waals surface area contributed by atoms with Gasteiger partial charge in [-0.3, -0.25) is 4.79 Å². The fourth-order valence-electron chi connectivity index (χ4n) is 2.84. The molecule has 0 saturated carbocycles. The van der Waals surface area contributed by atoms with Crippen molar-refractivity contribution in [3.63, 3.8) is 0 Å². The average Bonchev–Trinajstić information content (AvgIpc) is 2.96. The molecule has 120 valence electrons. The Bertz CT molecular complexity index is 731. The summed E-state index contributed by atoms with van der Waals surface area (Å²) in [6, 6.07) is 7.74. The molecular formula is C17H21N5O. The first-order chi connectivity index (χ1) is 11.0. The fourth-order valence-corrected chi connectivity index (χ4v) is 2.84. The Labute approximate surface area is 136 Å². The lowest BCUT2D eigenvalue weighted by Crippen LogP contribution is -2.25. The molecule has 0 bridgehead atoms. The van der Waals surface area contributed by atoms with Gasteiger partial charge in [-0.1, -0.05) is 6.07 Å². The fraction of sp³-hybridized carbons (Fsp3) is 0.412. The van der Waals surface area contributed by atoms with Gasteiger partial charge in [0.2, 0.25) is 5.91 Å². The van der Waals surface area contributed by atoms with Gasteiger partial charge in [-0.05, 0) is 32.4 Å². The van der Waals surface area contributed by atoms with Crippen molar-refractivity contribution < 1.29 is 4.79 Å². The van der Waals surface area contributed by atoms with Crippen LogP contribution in [0.5, 0.6) is 0 Å². The molecule has 1 aliphatic heterocycles. The minimum absolute atomic E-state index is 0.113. The Kier molecular flexibility index (Phi) is 4.23. The predicted molar refractivity (Wildman–Crippen MR) is 88.6 cm³/mol. The van der Waals surface area contributed by atoms with Gasteiger partial charge in [-0.25, -0.2) is 15.0 Å². The van der Waals surface area contributed by atoms with Gasteiger partial charge < -0.3 is 10.2 Å². The highest BCUT2D eigenvalue weighted by Gasteiger charge is 2.27. The number of hydrogen-bond acceptors (Lipinski definition) is 5. The molecule has 23 heavy (non-hydrogen) atoms. The summed E-state index contributed by atoms with van der Waals surface area (Å²) in [6.45, 7) is 6.99. The molecule has 1 amide bonds. The number of nitrogens with one attached hydrogen (secondary N) is 1. The van der Waals surface area contributed by atoms with E-state index in [-0.39, 0.29) is 11.8 Å². The highest BCUT2D eigenvalue weighted by molar-refractivity contribution is 5.73. The minimum atomic E-state index is 0.113. The monoisotopic (exact) mass is 311 g/mol. The molecule has 1 unspecified atom stereocenters. The van der Waals surface area contributed by atoms with Crippen LogP contribution in [0, 0.1) is 13.8 Å². The molecule has 2 aromatic heterocycles. The third kappa shape index (κ3) is 3.64. The van der Waals surface area contributed by atoms with Crippen LogP contribution < -0.4 is 5.32 Å². The highest BCUT2D eigenvalue weighted by atomic mass is 16.2. The summed E-state index contributed by atoms with van der Waals surface area (Å²) < 4.78 is 0. The third-order valence-electron chi connectivity index (χ3n) is 4.01. The van der Waals surface area contributed by atoms with Gasteiger partial charge in [0.1, 0.15) is 17.5 Å². The molecule has 1 N–H and O–H groups in total. The summed E-state index contributed by atoms with van der Waals surface area (Å²) in [4.78, 5) is 27.0. The topological polar surface area (TPSA) is 71.0 Å². The lowest BCUT2D eigenvalue weighted by molar-refractivity contribution is -0.127. The van der Waals surface area contributed by atoms with Gasteiger partial charge >= 0.3 is 0 Å². The number of anilines is 2. The minimum Gasteiger partial charge on any atom is -0.342 e. The number of hydrogen-bond donors (Lipinski definition) is 1. The molecule has 0 radical (unpaired) electrons. The van der Waals surface area contributed by atoms with Crippen molar-refractivity contribution in [1.29, 1.82) is 0 Å². The molecule has 3 heterocycles. The normalized spacial score (nSPS) is 17.3. The van der Waals surface area contributed by atoms with E-state index < -0.39 is 0 Å². The Morgan fingerprint density at radius 2 is 2.00 bits per heavy atom. The molecule has 3 rings (SSSR count). The molecule has 1 atom stereocenters. The summed E-state index contributed by atoms with van der Waals surface area (Å²) in [5.41, 5.74) is 1.86. The number of aryl methyl sites for hydroxylation is 2. The van der Waals surface area contributed by atoms with Crippen LogP contribution in [0.4, 0.5) is 11.6 Å². The number of carbonyl (C=O) groups excluding carboxylic acids is 1. The standard InChI is InChI=1S/C17H21N5O/c1-11-5-4-6-15(18-11)20-16-9-12(2)19-17(21-16)14-7-8-22(10-14)13(3)23/h4-6,9,14H,7-8,10H2,1-3H3,(H,18,19,20,21). The Balaban J connectivity index is 1.81. The van der Waals surface area contributed by atoms with Crippen LogP contribution in [-0.4, -0.2) is 38.8 Å². The number of amides is 1. The van der Waals surface area contributed by atoms with E-state index in [4.69, 9.17) is 0 Å². The van der Waals surface area contributed by atoms with E-state index in [1.807, 2.05) is 43.0 Å². The smallest absolute Gasteiger partial charge is 0.219 e. The molecule has 1 fully saturated rings. The second-order valence-electron chi connectivity index (χ2n) is 5.99. The van der Waals surface area contributed by atoms with Crippen LogP contribution >= 0.6 is 0 Å². The molecule has 0 spiro atoms. The van der Waals surface area contributed by atoms with Crippen molar-refractivity contribution in [2.24, 2.45) is 0 Å². The highest BCUT2D eigenvalue weighted by Crippen LogP contribution is 2.26. The van der Waals surface area contributed by atoms with Crippen LogP contribution in [0.1, 0.15) is 36.5 Å². The van der Waals surface area contributed by atoms with Crippen molar-refractivity contribution >= 4 is 17.5 Å². The summed E-state index contributed by atoms with van der Waals surface area (Å²) in [6.07, 6.45) is 0.908. The van der Waals surface area contributed by atoms with E-state index in [1.54, 1.807) is 6.92 Å². The SMILES string of the molecule is CC(=O)N1CCC(c2nc(C)cc(Nc3cccc(C)n3)n2)C1. The van der Waals surface area contributed by atoms with E-state index in [9.17, 15) is 4.79 Å². The van der Waals surface area contributed by atoms with Crippen molar-refractivity contribution in [1.82, 2.24) is 19.9 Å². The average molecular weight is 311 g/mol. The maximum Gasteiger partial charge on any atom is 0.219 e. The largest absolute Gasteiger partial charge is 0.342 e. The lowest BCUT2D eigenvalue weighted by Gasteiger charge is -2.14. The first-order valence-corrected chi connectivity index (χ1v) is 7.83. The molecule has 6 nitrogen and oxygen atoms in total. The summed E-state index contributed by atoms with van der Waals surface area (Å²) in [7, 11) is 0. The van der Waals surface area contributed by atoms with Gasteiger partial charge in [0.05, 0.1) is 0 Å². The lowest BCUT2D eigenvalue weighted by atomic mass is 10.1. The van der Waals surface area contributed by atoms with Gasteiger partial charge in [-0.2, -0.15) is 0 Å². The van der Waals surface area contributed by atoms with Crippen LogP contribution in [0.25, 0.3) is 0 Å². The zero-order chi connectivity index (χ0) is 16.4. The number of aromatic nitrogens is 3.